The molecule has 1 fully saturated rings. The van der Waals surface area contributed by atoms with Crippen molar-refractivity contribution in [2.45, 2.75) is 18.9 Å². The molecule has 0 aliphatic carbocycles. The number of aliphatic hydroxyl groups excluding tert-OH is 1. The highest BCUT2D eigenvalue weighted by Gasteiger charge is 2.20. The van der Waals surface area contributed by atoms with Crippen molar-refractivity contribution in [2.24, 2.45) is 0 Å². The fourth-order valence-electron chi connectivity index (χ4n) is 3.06. The van der Waals surface area contributed by atoms with Crippen molar-refractivity contribution >= 4 is 16.6 Å². The summed E-state index contributed by atoms with van der Waals surface area (Å²) in [7, 11) is 0. The summed E-state index contributed by atoms with van der Waals surface area (Å²) in [6, 6.07) is 8.83. The molecule has 3 N–H and O–H groups in total. The van der Waals surface area contributed by atoms with Gasteiger partial charge in [0.2, 0.25) is 0 Å². The molecule has 2 aromatic rings. The molecule has 0 unspecified atom stereocenters. The minimum absolute atomic E-state index is 0.260. The quantitative estimate of drug-likeness (QED) is 0.827. The van der Waals surface area contributed by atoms with Gasteiger partial charge in [0.05, 0.1) is 6.61 Å². The van der Waals surface area contributed by atoms with Crippen LogP contribution in [0.5, 0.6) is 0 Å². The first-order chi connectivity index (χ1) is 9.28. The van der Waals surface area contributed by atoms with Crippen LogP contribution in [-0.2, 0) is 0 Å². The van der Waals surface area contributed by atoms with Crippen LogP contribution in [0.2, 0.25) is 0 Å². The number of hydrogen-bond donors (Lipinski definition) is 2. The van der Waals surface area contributed by atoms with Crippen LogP contribution in [0, 0.1) is 0 Å². The number of likely N-dealkylation sites (tertiary alicyclic amines) is 1. The van der Waals surface area contributed by atoms with Crippen LogP contribution in [0.15, 0.2) is 30.5 Å². The van der Waals surface area contributed by atoms with Crippen molar-refractivity contribution in [3.05, 3.63) is 30.5 Å². The van der Waals surface area contributed by atoms with Crippen LogP contribution < -0.4 is 5.73 Å². The maximum absolute atomic E-state index is 8.98. The van der Waals surface area contributed by atoms with E-state index in [-0.39, 0.29) is 6.61 Å². The molecule has 4 nitrogen and oxygen atoms in total. The lowest BCUT2D eigenvalue weighted by atomic mass is 10.0. The zero-order valence-electron chi connectivity index (χ0n) is 11.1. The molecule has 1 aromatic carbocycles. The van der Waals surface area contributed by atoms with Gasteiger partial charge in [-0.2, -0.15) is 0 Å². The van der Waals surface area contributed by atoms with E-state index in [1.54, 1.807) is 0 Å². The normalized spacial score (nSPS) is 18.2. The predicted molar refractivity (Wildman–Crippen MR) is 78.1 cm³/mol. The summed E-state index contributed by atoms with van der Waals surface area (Å²) in [4.78, 5) is 2.33. The van der Waals surface area contributed by atoms with Crippen LogP contribution in [0.4, 0.5) is 5.69 Å². The molecule has 102 valence electrons. The number of piperidine rings is 1. The molecule has 3 rings (SSSR count). The smallest absolute Gasteiger partial charge is 0.0558 e. The van der Waals surface area contributed by atoms with E-state index < -0.39 is 0 Å². The molecular formula is C15H21N3O. The molecular weight excluding hydrogens is 238 g/mol. The molecule has 2 heterocycles. The van der Waals surface area contributed by atoms with Gasteiger partial charge < -0.3 is 20.3 Å². The zero-order valence-corrected chi connectivity index (χ0v) is 11.1. The van der Waals surface area contributed by atoms with E-state index >= 15 is 0 Å². The van der Waals surface area contributed by atoms with E-state index in [1.807, 2.05) is 12.1 Å². The van der Waals surface area contributed by atoms with Crippen LogP contribution >= 0.6 is 0 Å². The summed E-state index contributed by atoms with van der Waals surface area (Å²) in [5, 5.41) is 10.2. The number of benzene rings is 1. The SMILES string of the molecule is Nc1ccc2c(ccn2C2CCN(CCO)CC2)c1. The van der Waals surface area contributed by atoms with Crippen LogP contribution in [0.1, 0.15) is 18.9 Å². The van der Waals surface area contributed by atoms with Gasteiger partial charge in [-0.05, 0) is 37.1 Å². The average Bonchev–Trinajstić information content (AvgIpc) is 2.83. The van der Waals surface area contributed by atoms with E-state index in [0.29, 0.717) is 6.04 Å². The number of fused-ring (bicyclic) bond motifs is 1. The van der Waals surface area contributed by atoms with Crippen LogP contribution in [0.3, 0.4) is 0 Å². The van der Waals surface area contributed by atoms with Gasteiger partial charge in [0, 0.05) is 48.5 Å². The minimum atomic E-state index is 0.260. The second kappa shape index (κ2) is 5.23. The summed E-state index contributed by atoms with van der Waals surface area (Å²) in [6.07, 6.45) is 4.47. The second-order valence-electron chi connectivity index (χ2n) is 5.34. The molecule has 0 radical (unpaired) electrons. The molecule has 0 saturated carbocycles. The number of nitrogen functional groups attached to an aromatic ring is 1. The van der Waals surface area contributed by atoms with Crippen LogP contribution in [-0.4, -0.2) is 40.8 Å². The van der Waals surface area contributed by atoms with Crippen molar-refractivity contribution in [3.8, 4) is 0 Å². The highest BCUT2D eigenvalue weighted by Crippen LogP contribution is 2.28. The Balaban J connectivity index is 1.78. The van der Waals surface area contributed by atoms with E-state index in [9.17, 15) is 0 Å². The van der Waals surface area contributed by atoms with Crippen molar-refractivity contribution < 1.29 is 5.11 Å². The van der Waals surface area contributed by atoms with Crippen LogP contribution in [0.25, 0.3) is 10.9 Å². The first-order valence-electron chi connectivity index (χ1n) is 6.97. The first-order valence-corrected chi connectivity index (χ1v) is 6.97. The van der Waals surface area contributed by atoms with E-state index in [2.05, 4.69) is 27.8 Å². The van der Waals surface area contributed by atoms with Gasteiger partial charge in [-0.3, -0.25) is 0 Å². The number of nitrogens with two attached hydrogens (primary N) is 1. The first kappa shape index (κ1) is 12.5. The Labute approximate surface area is 113 Å². The fourth-order valence-corrected chi connectivity index (χ4v) is 3.06. The maximum Gasteiger partial charge on any atom is 0.0558 e. The fraction of sp³-hybridized carbons (Fsp3) is 0.467. The van der Waals surface area contributed by atoms with Gasteiger partial charge in [-0.1, -0.05) is 0 Å². The molecule has 4 heteroatoms. The maximum atomic E-state index is 8.98. The Kier molecular flexibility index (Phi) is 3.44. The van der Waals surface area contributed by atoms with Gasteiger partial charge in [-0.25, -0.2) is 0 Å². The summed E-state index contributed by atoms with van der Waals surface area (Å²) in [5.41, 5.74) is 7.92. The van der Waals surface area contributed by atoms with Gasteiger partial charge in [-0.15, -0.1) is 0 Å². The van der Waals surface area contributed by atoms with Gasteiger partial charge in [0.15, 0.2) is 0 Å². The summed E-state index contributed by atoms with van der Waals surface area (Å²) in [6.45, 7) is 3.20. The van der Waals surface area contributed by atoms with Crippen molar-refractivity contribution in [3.63, 3.8) is 0 Å². The van der Waals surface area contributed by atoms with E-state index in [0.717, 1.165) is 38.2 Å². The molecule has 0 spiro atoms. The summed E-state index contributed by atoms with van der Waals surface area (Å²) in [5.74, 6) is 0. The highest BCUT2D eigenvalue weighted by molar-refractivity contribution is 5.83. The molecule has 1 aliphatic heterocycles. The van der Waals surface area contributed by atoms with E-state index in [1.165, 1.54) is 10.9 Å². The predicted octanol–water partition coefficient (Wildman–Crippen LogP) is 1.85. The third-order valence-electron chi connectivity index (χ3n) is 4.11. The molecule has 19 heavy (non-hydrogen) atoms. The van der Waals surface area contributed by atoms with Crippen molar-refractivity contribution in [2.75, 3.05) is 32.0 Å². The lowest BCUT2D eigenvalue weighted by Crippen LogP contribution is -2.36. The van der Waals surface area contributed by atoms with Gasteiger partial charge in [0.25, 0.3) is 0 Å². The lowest BCUT2D eigenvalue weighted by molar-refractivity contribution is 0.151. The molecule has 1 aromatic heterocycles. The topological polar surface area (TPSA) is 54.4 Å². The molecule has 1 saturated heterocycles. The third kappa shape index (κ3) is 2.46. The number of rotatable bonds is 3. The standard InChI is InChI=1S/C15H21N3O/c16-13-1-2-15-12(11-13)3-8-18(15)14-4-6-17(7-5-14)9-10-19/h1-3,8,11,14,19H,4-7,9-10,16H2. The third-order valence-corrected chi connectivity index (χ3v) is 4.11. The van der Waals surface area contributed by atoms with Crippen molar-refractivity contribution in [1.29, 1.82) is 0 Å². The number of aromatic nitrogens is 1. The molecule has 0 bridgehead atoms. The highest BCUT2D eigenvalue weighted by atomic mass is 16.3. The molecule has 1 aliphatic rings. The summed E-state index contributed by atoms with van der Waals surface area (Å²) < 4.78 is 2.38. The Morgan fingerprint density at radius 1 is 1.21 bits per heavy atom. The Bertz CT molecular complexity index is 556. The molecule has 0 amide bonds. The molecule has 0 atom stereocenters. The Hall–Kier alpha value is -1.52. The number of hydrogen-bond acceptors (Lipinski definition) is 3. The lowest BCUT2D eigenvalue weighted by Gasteiger charge is -2.32. The van der Waals surface area contributed by atoms with Gasteiger partial charge >= 0.3 is 0 Å². The largest absolute Gasteiger partial charge is 0.399 e. The minimum Gasteiger partial charge on any atom is -0.399 e. The van der Waals surface area contributed by atoms with Gasteiger partial charge in [0.1, 0.15) is 0 Å². The van der Waals surface area contributed by atoms with E-state index in [4.69, 9.17) is 10.8 Å². The zero-order chi connectivity index (χ0) is 13.2. The number of aliphatic hydroxyl groups is 1. The number of β-amino-alcohol motifs (C(OH)–C–C–N with tert-alkyl or cyclic N) is 1. The Morgan fingerprint density at radius 3 is 2.74 bits per heavy atom. The monoisotopic (exact) mass is 259 g/mol. The number of nitrogens with zero attached hydrogens (tertiary/aromatic N) is 2. The second-order valence-corrected chi connectivity index (χ2v) is 5.34. The average molecular weight is 259 g/mol. The van der Waals surface area contributed by atoms with Crippen molar-refractivity contribution in [1.82, 2.24) is 9.47 Å². The summed E-state index contributed by atoms with van der Waals surface area (Å²) >= 11 is 0. The number of anilines is 1. The Morgan fingerprint density at radius 2 is 2.00 bits per heavy atom.